The Bertz CT molecular complexity index is 1370. The molecule has 156 valence electrons. The Morgan fingerprint density at radius 2 is 1.72 bits per heavy atom. The van der Waals surface area contributed by atoms with E-state index in [9.17, 15) is 0 Å². The number of nitrogens with two attached hydrogens (primary N) is 1. The van der Waals surface area contributed by atoms with Crippen molar-refractivity contribution >= 4 is 0 Å². The predicted molar refractivity (Wildman–Crippen MR) is 118 cm³/mol. The van der Waals surface area contributed by atoms with Crippen LogP contribution in [0.5, 0.6) is 11.5 Å². The Labute approximate surface area is 183 Å². The molecule has 3 N–H and O–H groups in total. The van der Waals surface area contributed by atoms with Gasteiger partial charge in [0.15, 0.2) is 5.75 Å². The fourth-order valence-electron chi connectivity index (χ4n) is 4.48. The number of halogens is 1. The SMILES string of the molecule is NC1=CC2(CN1)c1cc(-c3cccnc3)ccc1Oc1c2cc(-c2cccnc2)nc1F. The maximum Gasteiger partial charge on any atom is 0.256 e. The standard InChI is InChI=1S/C25H18FN5O/c26-24-23-19(10-20(31-24)17-4-2-8-29-13-17)25(11-22(27)30-14-25)18-9-15(5-6-21(18)32-23)16-3-1-7-28-12-16/h1-13,30H,14,27H2. The summed E-state index contributed by atoms with van der Waals surface area (Å²) in [5, 5.41) is 3.22. The van der Waals surface area contributed by atoms with E-state index in [0.717, 1.165) is 22.3 Å². The van der Waals surface area contributed by atoms with Gasteiger partial charge in [-0.3, -0.25) is 9.97 Å². The van der Waals surface area contributed by atoms with Gasteiger partial charge < -0.3 is 15.8 Å². The zero-order valence-corrected chi connectivity index (χ0v) is 16.9. The van der Waals surface area contributed by atoms with Gasteiger partial charge in [0.2, 0.25) is 0 Å². The van der Waals surface area contributed by atoms with Crippen LogP contribution < -0.4 is 15.8 Å². The van der Waals surface area contributed by atoms with Crippen molar-refractivity contribution in [3.05, 3.63) is 102 Å². The molecule has 0 amide bonds. The Balaban J connectivity index is 1.59. The number of nitrogens with one attached hydrogen (secondary N) is 1. The second-order valence-corrected chi connectivity index (χ2v) is 7.90. The molecule has 6 nitrogen and oxygen atoms in total. The highest BCUT2D eigenvalue weighted by Gasteiger charge is 2.45. The lowest BCUT2D eigenvalue weighted by Gasteiger charge is -2.36. The summed E-state index contributed by atoms with van der Waals surface area (Å²) in [6.45, 7) is 0.481. The molecule has 1 atom stereocenters. The first-order valence-electron chi connectivity index (χ1n) is 10.2. The summed E-state index contributed by atoms with van der Waals surface area (Å²) in [5.41, 5.74) is 10.2. The van der Waals surface area contributed by atoms with E-state index >= 15 is 4.39 Å². The summed E-state index contributed by atoms with van der Waals surface area (Å²) in [6.07, 6.45) is 8.82. The van der Waals surface area contributed by atoms with Crippen LogP contribution in [0.1, 0.15) is 11.1 Å². The molecule has 5 heterocycles. The van der Waals surface area contributed by atoms with Crippen LogP contribution in [0, 0.1) is 5.95 Å². The van der Waals surface area contributed by atoms with Crippen molar-refractivity contribution in [3.63, 3.8) is 0 Å². The second kappa shape index (κ2) is 6.88. The number of hydrogen-bond donors (Lipinski definition) is 2. The van der Waals surface area contributed by atoms with Gasteiger partial charge in [-0.05, 0) is 48.0 Å². The van der Waals surface area contributed by atoms with Crippen molar-refractivity contribution in [2.75, 3.05) is 6.54 Å². The van der Waals surface area contributed by atoms with E-state index in [4.69, 9.17) is 10.5 Å². The van der Waals surface area contributed by atoms with Crippen molar-refractivity contribution in [2.24, 2.45) is 5.73 Å². The first kappa shape index (κ1) is 18.5. The van der Waals surface area contributed by atoms with E-state index in [-0.39, 0.29) is 5.75 Å². The summed E-state index contributed by atoms with van der Waals surface area (Å²) in [7, 11) is 0. The van der Waals surface area contributed by atoms with E-state index < -0.39 is 11.4 Å². The molecule has 32 heavy (non-hydrogen) atoms. The highest BCUT2D eigenvalue weighted by atomic mass is 19.1. The van der Waals surface area contributed by atoms with E-state index in [1.165, 1.54) is 0 Å². The average molecular weight is 423 g/mol. The van der Waals surface area contributed by atoms with Crippen LogP contribution in [0.25, 0.3) is 22.4 Å². The predicted octanol–water partition coefficient (Wildman–Crippen LogP) is 4.14. The number of rotatable bonds is 2. The Morgan fingerprint density at radius 1 is 0.938 bits per heavy atom. The second-order valence-electron chi connectivity index (χ2n) is 7.90. The summed E-state index contributed by atoms with van der Waals surface area (Å²) < 4.78 is 21.3. The minimum absolute atomic E-state index is 0.118. The molecule has 0 saturated heterocycles. The van der Waals surface area contributed by atoms with Crippen LogP contribution in [0.3, 0.4) is 0 Å². The highest BCUT2D eigenvalue weighted by Crippen LogP contribution is 2.52. The maximum absolute atomic E-state index is 15.3. The molecule has 1 aromatic carbocycles. The van der Waals surface area contributed by atoms with Gasteiger partial charge >= 0.3 is 0 Å². The summed E-state index contributed by atoms with van der Waals surface area (Å²) in [4.78, 5) is 12.5. The Hall–Kier alpha value is -4.26. The highest BCUT2D eigenvalue weighted by molar-refractivity contribution is 5.72. The van der Waals surface area contributed by atoms with Crippen LogP contribution in [-0.2, 0) is 5.41 Å². The Morgan fingerprint density at radius 3 is 2.41 bits per heavy atom. The minimum Gasteiger partial charge on any atom is -0.452 e. The van der Waals surface area contributed by atoms with Gasteiger partial charge in [-0.1, -0.05) is 12.1 Å². The van der Waals surface area contributed by atoms with Crippen LogP contribution in [0.2, 0.25) is 0 Å². The molecule has 3 aromatic heterocycles. The van der Waals surface area contributed by atoms with Gasteiger partial charge in [-0.15, -0.1) is 0 Å². The number of benzene rings is 1. The van der Waals surface area contributed by atoms with E-state index in [1.807, 2.05) is 48.7 Å². The van der Waals surface area contributed by atoms with Gasteiger partial charge in [0.25, 0.3) is 5.95 Å². The van der Waals surface area contributed by atoms with Crippen molar-refractivity contribution in [1.29, 1.82) is 0 Å². The monoisotopic (exact) mass is 423 g/mol. The zero-order chi connectivity index (χ0) is 21.7. The summed E-state index contributed by atoms with van der Waals surface area (Å²) in [5.74, 6) is 0.567. The smallest absolute Gasteiger partial charge is 0.256 e. The fraction of sp³-hybridized carbons (Fsp3) is 0.0800. The maximum atomic E-state index is 15.3. The van der Waals surface area contributed by atoms with Crippen LogP contribution in [0.15, 0.2) is 85.2 Å². The number of fused-ring (bicyclic) bond motifs is 4. The fourth-order valence-corrected chi connectivity index (χ4v) is 4.48. The molecule has 0 radical (unpaired) electrons. The molecule has 6 rings (SSSR count). The average Bonchev–Trinajstić information content (AvgIpc) is 3.23. The molecule has 0 saturated carbocycles. The molecule has 0 fully saturated rings. The first-order valence-corrected chi connectivity index (χ1v) is 10.2. The van der Waals surface area contributed by atoms with Gasteiger partial charge in [0, 0.05) is 53.6 Å². The third-order valence-electron chi connectivity index (χ3n) is 6.01. The quantitative estimate of drug-likeness (QED) is 0.472. The minimum atomic E-state index is -0.702. The molecular formula is C25H18FN5O. The normalized spacial score (nSPS) is 18.3. The number of aromatic nitrogens is 3. The van der Waals surface area contributed by atoms with Crippen molar-refractivity contribution < 1.29 is 9.13 Å². The lowest BCUT2D eigenvalue weighted by molar-refractivity contribution is 0.386. The van der Waals surface area contributed by atoms with E-state index in [1.54, 1.807) is 24.7 Å². The molecule has 7 heteroatoms. The molecule has 0 bridgehead atoms. The summed E-state index contributed by atoms with van der Waals surface area (Å²) >= 11 is 0. The molecular weight excluding hydrogens is 405 g/mol. The van der Waals surface area contributed by atoms with Crippen molar-refractivity contribution in [3.8, 4) is 33.9 Å². The van der Waals surface area contributed by atoms with Crippen LogP contribution >= 0.6 is 0 Å². The molecule has 2 aliphatic heterocycles. The lowest BCUT2D eigenvalue weighted by Crippen LogP contribution is -2.35. The Kier molecular flexibility index (Phi) is 3.98. The number of nitrogens with zero attached hydrogens (tertiary/aromatic N) is 3. The number of hydrogen-bond acceptors (Lipinski definition) is 6. The zero-order valence-electron chi connectivity index (χ0n) is 16.9. The topological polar surface area (TPSA) is 86.0 Å². The van der Waals surface area contributed by atoms with E-state index in [0.29, 0.717) is 29.4 Å². The molecule has 4 aromatic rings. The lowest BCUT2D eigenvalue weighted by atomic mass is 9.72. The van der Waals surface area contributed by atoms with Crippen molar-refractivity contribution in [2.45, 2.75) is 5.41 Å². The number of pyridine rings is 3. The number of ether oxygens (including phenoxy) is 1. The molecule has 2 aliphatic rings. The largest absolute Gasteiger partial charge is 0.452 e. The van der Waals surface area contributed by atoms with Crippen LogP contribution in [0.4, 0.5) is 4.39 Å². The molecule has 1 unspecified atom stereocenters. The van der Waals surface area contributed by atoms with Gasteiger partial charge in [0.05, 0.1) is 16.9 Å². The molecule has 1 spiro atoms. The third-order valence-corrected chi connectivity index (χ3v) is 6.01. The van der Waals surface area contributed by atoms with E-state index in [2.05, 4.69) is 26.3 Å². The van der Waals surface area contributed by atoms with Gasteiger partial charge in [-0.2, -0.15) is 4.39 Å². The third kappa shape index (κ3) is 2.75. The van der Waals surface area contributed by atoms with Gasteiger partial charge in [0.1, 0.15) is 5.75 Å². The van der Waals surface area contributed by atoms with Crippen molar-refractivity contribution in [1.82, 2.24) is 20.3 Å². The summed E-state index contributed by atoms with van der Waals surface area (Å²) in [6, 6.07) is 15.3. The van der Waals surface area contributed by atoms with Gasteiger partial charge in [-0.25, -0.2) is 4.98 Å². The molecule has 0 aliphatic carbocycles. The van der Waals surface area contributed by atoms with Crippen LogP contribution in [-0.4, -0.2) is 21.5 Å². The first-order chi connectivity index (χ1) is 15.6.